The standard InChI is InChI=1S/C30H23ClN2O4/c1-36-26-16-18(9-14-25(26)37-30(35)17-7-10-19(31)11-8-17)27-28-20-4-3-15-32-21(20)12-13-23(28)33-22-5-2-6-24(34)29(22)27/h3-4,7-16,27,33H,2,5-6H2,1H3. The number of methoxy groups -OCH3 is 1. The van der Waals surface area contributed by atoms with Crippen LogP contribution in [-0.2, 0) is 4.79 Å². The molecule has 6 rings (SSSR count). The molecule has 6 nitrogen and oxygen atoms in total. The third-order valence-electron chi connectivity index (χ3n) is 6.95. The molecule has 1 N–H and O–H groups in total. The number of hydrogen-bond donors (Lipinski definition) is 1. The lowest BCUT2D eigenvalue weighted by Crippen LogP contribution is -2.27. The first-order chi connectivity index (χ1) is 18.0. The Balaban J connectivity index is 1.46. The molecular weight excluding hydrogens is 488 g/mol. The maximum absolute atomic E-state index is 13.3. The molecule has 0 saturated heterocycles. The number of halogens is 1. The molecule has 1 aliphatic heterocycles. The second kappa shape index (κ2) is 9.37. The minimum absolute atomic E-state index is 0.141. The van der Waals surface area contributed by atoms with Crippen molar-refractivity contribution in [1.82, 2.24) is 4.98 Å². The quantitative estimate of drug-likeness (QED) is 0.244. The van der Waals surface area contributed by atoms with Gasteiger partial charge in [0.2, 0.25) is 0 Å². The molecule has 3 aromatic carbocycles. The van der Waals surface area contributed by atoms with E-state index in [9.17, 15) is 9.59 Å². The van der Waals surface area contributed by atoms with Crippen LogP contribution in [0.4, 0.5) is 5.69 Å². The summed E-state index contributed by atoms with van der Waals surface area (Å²) >= 11 is 5.94. The van der Waals surface area contributed by atoms with E-state index in [2.05, 4.69) is 10.3 Å². The highest BCUT2D eigenvalue weighted by atomic mass is 35.5. The van der Waals surface area contributed by atoms with Crippen LogP contribution in [0.5, 0.6) is 11.5 Å². The normalized spacial score (nSPS) is 16.6. The van der Waals surface area contributed by atoms with E-state index in [-0.39, 0.29) is 11.7 Å². The zero-order chi connectivity index (χ0) is 25.5. The molecule has 0 saturated carbocycles. The highest BCUT2D eigenvalue weighted by Gasteiger charge is 2.36. The van der Waals surface area contributed by atoms with Gasteiger partial charge in [0.05, 0.1) is 18.2 Å². The molecular formula is C30H23ClN2O4. The number of Topliss-reactive ketones (excluding diaryl/α,β-unsaturated/α-hetero) is 1. The summed E-state index contributed by atoms with van der Waals surface area (Å²) in [6.07, 6.45) is 3.92. The Morgan fingerprint density at radius 3 is 2.68 bits per heavy atom. The van der Waals surface area contributed by atoms with Crippen LogP contribution in [0.3, 0.4) is 0 Å². The number of benzene rings is 3. The van der Waals surface area contributed by atoms with Gasteiger partial charge in [0.15, 0.2) is 17.3 Å². The first-order valence-electron chi connectivity index (χ1n) is 12.1. The number of anilines is 1. The number of ketones is 1. The van der Waals surface area contributed by atoms with Crippen LogP contribution >= 0.6 is 11.6 Å². The maximum Gasteiger partial charge on any atom is 0.343 e. The molecule has 1 aromatic heterocycles. The van der Waals surface area contributed by atoms with Crippen LogP contribution in [0.25, 0.3) is 10.9 Å². The molecule has 7 heteroatoms. The fourth-order valence-corrected chi connectivity index (χ4v) is 5.38. The molecule has 0 fully saturated rings. The van der Waals surface area contributed by atoms with Crippen LogP contribution < -0.4 is 14.8 Å². The van der Waals surface area contributed by atoms with E-state index in [1.807, 2.05) is 36.4 Å². The molecule has 0 spiro atoms. The predicted octanol–water partition coefficient (Wildman–Crippen LogP) is 6.68. The summed E-state index contributed by atoms with van der Waals surface area (Å²) in [5.41, 5.74) is 5.84. The smallest absolute Gasteiger partial charge is 0.343 e. The molecule has 0 radical (unpaired) electrons. The maximum atomic E-state index is 13.3. The Morgan fingerprint density at radius 2 is 1.86 bits per heavy atom. The fraction of sp³-hybridized carbons (Fsp3) is 0.167. The zero-order valence-corrected chi connectivity index (χ0v) is 20.8. The topological polar surface area (TPSA) is 77.5 Å². The summed E-state index contributed by atoms with van der Waals surface area (Å²) in [4.78, 5) is 30.6. The van der Waals surface area contributed by atoms with Crippen LogP contribution in [0.15, 0.2) is 84.2 Å². The number of rotatable bonds is 4. The van der Waals surface area contributed by atoms with Crippen LogP contribution in [0, 0.1) is 0 Å². The van der Waals surface area contributed by atoms with Gasteiger partial charge in [0, 0.05) is 45.9 Å². The van der Waals surface area contributed by atoms with E-state index in [1.165, 1.54) is 7.11 Å². The first kappa shape index (κ1) is 23.3. The summed E-state index contributed by atoms with van der Waals surface area (Å²) in [7, 11) is 1.53. The summed E-state index contributed by atoms with van der Waals surface area (Å²) in [5, 5.41) is 5.05. The van der Waals surface area contributed by atoms with Gasteiger partial charge in [0.1, 0.15) is 0 Å². The second-order valence-corrected chi connectivity index (χ2v) is 9.57. The van der Waals surface area contributed by atoms with E-state index < -0.39 is 5.97 Å². The molecule has 4 aromatic rings. The van der Waals surface area contributed by atoms with Crippen molar-refractivity contribution in [2.75, 3.05) is 12.4 Å². The van der Waals surface area contributed by atoms with Crippen molar-refractivity contribution in [3.05, 3.63) is 106 Å². The highest BCUT2D eigenvalue weighted by molar-refractivity contribution is 6.30. The minimum atomic E-state index is -0.514. The average Bonchev–Trinajstić information content (AvgIpc) is 2.92. The number of carbonyl (C=O) groups excluding carboxylic acids is 2. The predicted molar refractivity (Wildman–Crippen MR) is 142 cm³/mol. The molecule has 1 atom stereocenters. The van der Waals surface area contributed by atoms with E-state index in [0.717, 1.165) is 51.8 Å². The second-order valence-electron chi connectivity index (χ2n) is 9.13. The molecule has 184 valence electrons. The summed E-state index contributed by atoms with van der Waals surface area (Å²) in [6, 6.07) is 19.9. The number of fused-ring (bicyclic) bond motifs is 3. The van der Waals surface area contributed by atoms with Crippen LogP contribution in [-0.4, -0.2) is 23.8 Å². The van der Waals surface area contributed by atoms with Gasteiger partial charge in [-0.15, -0.1) is 0 Å². The molecule has 2 heterocycles. The molecule has 2 aliphatic rings. The van der Waals surface area contributed by atoms with Crippen molar-refractivity contribution in [3.63, 3.8) is 0 Å². The van der Waals surface area contributed by atoms with E-state index in [4.69, 9.17) is 21.1 Å². The van der Waals surface area contributed by atoms with Gasteiger partial charge in [-0.25, -0.2) is 4.79 Å². The Bertz CT molecular complexity index is 1590. The van der Waals surface area contributed by atoms with Gasteiger partial charge in [-0.05, 0) is 78.6 Å². The number of aromatic nitrogens is 1. The van der Waals surface area contributed by atoms with E-state index in [1.54, 1.807) is 36.5 Å². The largest absolute Gasteiger partial charge is 0.493 e. The van der Waals surface area contributed by atoms with Gasteiger partial charge in [-0.1, -0.05) is 23.7 Å². The van der Waals surface area contributed by atoms with Crippen molar-refractivity contribution in [2.24, 2.45) is 0 Å². The number of nitrogens with zero attached hydrogens (tertiary/aromatic N) is 1. The van der Waals surface area contributed by atoms with Crippen LogP contribution in [0.1, 0.15) is 46.7 Å². The molecule has 0 bridgehead atoms. The number of hydrogen-bond acceptors (Lipinski definition) is 6. The van der Waals surface area contributed by atoms with Gasteiger partial charge in [-0.3, -0.25) is 9.78 Å². The Kier molecular flexibility index (Phi) is 5.89. The van der Waals surface area contributed by atoms with Crippen molar-refractivity contribution < 1.29 is 19.1 Å². The minimum Gasteiger partial charge on any atom is -0.493 e. The van der Waals surface area contributed by atoms with Crippen molar-refractivity contribution in [3.8, 4) is 11.5 Å². The lowest BCUT2D eigenvalue weighted by Gasteiger charge is -2.35. The number of pyridine rings is 1. The van der Waals surface area contributed by atoms with Gasteiger partial charge in [0.25, 0.3) is 0 Å². The monoisotopic (exact) mass is 510 g/mol. The third kappa shape index (κ3) is 4.13. The molecule has 37 heavy (non-hydrogen) atoms. The molecule has 1 unspecified atom stereocenters. The number of carbonyl (C=O) groups is 2. The van der Waals surface area contributed by atoms with Crippen molar-refractivity contribution in [1.29, 1.82) is 0 Å². The molecule has 1 aliphatic carbocycles. The van der Waals surface area contributed by atoms with Crippen molar-refractivity contribution in [2.45, 2.75) is 25.2 Å². The van der Waals surface area contributed by atoms with Crippen LogP contribution in [0.2, 0.25) is 5.02 Å². The zero-order valence-electron chi connectivity index (χ0n) is 20.1. The number of allylic oxidation sites excluding steroid dienone is 2. The number of ether oxygens (including phenoxy) is 2. The number of esters is 1. The Morgan fingerprint density at radius 1 is 1.03 bits per heavy atom. The van der Waals surface area contributed by atoms with E-state index in [0.29, 0.717) is 28.5 Å². The van der Waals surface area contributed by atoms with Gasteiger partial charge in [-0.2, -0.15) is 0 Å². The fourth-order valence-electron chi connectivity index (χ4n) is 5.26. The summed E-state index contributed by atoms with van der Waals surface area (Å²) < 4.78 is 11.3. The summed E-state index contributed by atoms with van der Waals surface area (Å²) in [5.74, 6) is 0.0246. The molecule has 0 amide bonds. The first-order valence-corrected chi connectivity index (χ1v) is 12.5. The lowest BCUT2D eigenvalue weighted by atomic mass is 9.74. The third-order valence-corrected chi connectivity index (χ3v) is 7.20. The Hall–Kier alpha value is -4.16. The van der Waals surface area contributed by atoms with E-state index >= 15 is 0 Å². The highest BCUT2D eigenvalue weighted by Crippen LogP contribution is 2.48. The summed E-state index contributed by atoms with van der Waals surface area (Å²) in [6.45, 7) is 0. The Labute approximate surface area is 218 Å². The van der Waals surface area contributed by atoms with Crippen molar-refractivity contribution >= 4 is 39.9 Å². The SMILES string of the molecule is COc1cc(C2C3=C(CCCC3=O)Nc3ccc4ncccc4c32)ccc1OC(=O)c1ccc(Cl)cc1. The number of nitrogens with one attached hydrogen (secondary N) is 1. The lowest BCUT2D eigenvalue weighted by molar-refractivity contribution is -0.116. The average molecular weight is 511 g/mol. The van der Waals surface area contributed by atoms with Gasteiger partial charge >= 0.3 is 5.97 Å². The van der Waals surface area contributed by atoms with Gasteiger partial charge < -0.3 is 14.8 Å².